The fourth-order valence-corrected chi connectivity index (χ4v) is 3.69. The summed E-state index contributed by atoms with van der Waals surface area (Å²) in [5, 5.41) is 15.4. The lowest BCUT2D eigenvalue weighted by Crippen LogP contribution is -2.31. The van der Waals surface area contributed by atoms with Gasteiger partial charge in [0.15, 0.2) is 0 Å². The molecule has 2 aromatic rings. The smallest absolute Gasteiger partial charge is 0.248 e. The number of ether oxygens (including phenoxy) is 1. The summed E-state index contributed by atoms with van der Waals surface area (Å²) in [5.74, 6) is 2.30. The number of hydrogen-bond donors (Lipinski definition) is 1. The standard InChI is InChI=1S/C17H23N3O3S/c1-22-8-6-15(21)18-10-12-2-4-13(5-3-12)16-19-20-17(23-16)14-7-9-24-11-14/h7,9,11-13H,2-6,8,10H2,1H3,(H,18,21). The number of nitrogens with zero attached hydrogens (tertiary/aromatic N) is 2. The maximum atomic E-state index is 11.6. The largest absolute Gasteiger partial charge is 0.420 e. The first-order valence-electron chi connectivity index (χ1n) is 8.38. The fraction of sp³-hybridized carbons (Fsp3) is 0.588. The average Bonchev–Trinajstić information content (AvgIpc) is 3.29. The summed E-state index contributed by atoms with van der Waals surface area (Å²) in [6, 6.07) is 1.99. The number of amides is 1. The number of rotatable bonds is 7. The Balaban J connectivity index is 1.44. The van der Waals surface area contributed by atoms with E-state index in [0.717, 1.165) is 43.7 Å². The van der Waals surface area contributed by atoms with Gasteiger partial charge in [0.05, 0.1) is 6.61 Å². The van der Waals surface area contributed by atoms with Crippen molar-refractivity contribution >= 4 is 17.2 Å². The van der Waals surface area contributed by atoms with E-state index in [4.69, 9.17) is 9.15 Å². The van der Waals surface area contributed by atoms with Crippen LogP contribution in [0.2, 0.25) is 0 Å². The topological polar surface area (TPSA) is 77.2 Å². The van der Waals surface area contributed by atoms with Gasteiger partial charge in [-0.25, -0.2) is 0 Å². The van der Waals surface area contributed by atoms with Crippen LogP contribution in [0.15, 0.2) is 21.2 Å². The summed E-state index contributed by atoms with van der Waals surface area (Å²) in [6.07, 6.45) is 4.64. The lowest BCUT2D eigenvalue weighted by Gasteiger charge is -2.26. The van der Waals surface area contributed by atoms with Crippen molar-refractivity contribution in [2.75, 3.05) is 20.3 Å². The van der Waals surface area contributed by atoms with Gasteiger partial charge in [-0.15, -0.1) is 10.2 Å². The first kappa shape index (κ1) is 17.1. The predicted octanol–water partition coefficient (Wildman–Crippen LogP) is 3.22. The average molecular weight is 349 g/mol. The van der Waals surface area contributed by atoms with E-state index >= 15 is 0 Å². The van der Waals surface area contributed by atoms with E-state index in [1.165, 1.54) is 0 Å². The Morgan fingerprint density at radius 1 is 1.38 bits per heavy atom. The normalized spacial score (nSPS) is 20.9. The van der Waals surface area contributed by atoms with Crippen LogP contribution in [0.1, 0.15) is 43.9 Å². The van der Waals surface area contributed by atoms with Crippen LogP contribution in [0.3, 0.4) is 0 Å². The lowest BCUT2D eigenvalue weighted by molar-refractivity contribution is -0.122. The molecule has 1 amide bonds. The van der Waals surface area contributed by atoms with Crippen LogP contribution in [0.4, 0.5) is 0 Å². The van der Waals surface area contributed by atoms with Crippen LogP contribution in [0.5, 0.6) is 0 Å². The second kappa shape index (κ2) is 8.39. The molecule has 0 spiro atoms. The van der Waals surface area contributed by atoms with Crippen LogP contribution >= 0.6 is 11.3 Å². The number of methoxy groups -OCH3 is 1. The zero-order valence-corrected chi connectivity index (χ0v) is 14.7. The molecule has 0 saturated heterocycles. The van der Waals surface area contributed by atoms with E-state index in [1.807, 2.05) is 16.8 Å². The molecule has 0 bridgehead atoms. The zero-order chi connectivity index (χ0) is 16.8. The highest BCUT2D eigenvalue weighted by molar-refractivity contribution is 7.08. The molecule has 1 fully saturated rings. The summed E-state index contributed by atoms with van der Waals surface area (Å²) in [6.45, 7) is 1.22. The minimum atomic E-state index is 0.0660. The maximum Gasteiger partial charge on any atom is 0.248 e. The van der Waals surface area contributed by atoms with Crippen LogP contribution in [0, 0.1) is 5.92 Å². The van der Waals surface area contributed by atoms with Crippen LogP contribution in [0.25, 0.3) is 11.5 Å². The first-order valence-corrected chi connectivity index (χ1v) is 9.32. The van der Waals surface area contributed by atoms with Gasteiger partial charge in [0.2, 0.25) is 17.7 Å². The number of nitrogens with one attached hydrogen (secondary N) is 1. The Kier molecular flexibility index (Phi) is 5.98. The molecule has 130 valence electrons. The molecule has 0 aromatic carbocycles. The lowest BCUT2D eigenvalue weighted by atomic mass is 9.82. The monoisotopic (exact) mass is 349 g/mol. The molecule has 2 heterocycles. The molecule has 0 atom stereocenters. The third-order valence-electron chi connectivity index (χ3n) is 4.53. The maximum absolute atomic E-state index is 11.6. The van der Waals surface area contributed by atoms with E-state index < -0.39 is 0 Å². The molecule has 2 aromatic heterocycles. The van der Waals surface area contributed by atoms with Gasteiger partial charge in [-0.05, 0) is 43.0 Å². The Bertz CT molecular complexity index is 633. The number of aromatic nitrogens is 2. The Morgan fingerprint density at radius 2 is 2.21 bits per heavy atom. The van der Waals surface area contributed by atoms with Gasteiger partial charge in [0, 0.05) is 36.9 Å². The van der Waals surface area contributed by atoms with Crippen molar-refractivity contribution < 1.29 is 13.9 Å². The Labute approximate surface area is 145 Å². The highest BCUT2D eigenvalue weighted by Crippen LogP contribution is 2.36. The van der Waals surface area contributed by atoms with Crippen molar-refractivity contribution in [3.63, 3.8) is 0 Å². The number of carbonyl (C=O) groups is 1. The Morgan fingerprint density at radius 3 is 2.92 bits per heavy atom. The second-order valence-electron chi connectivity index (χ2n) is 6.22. The van der Waals surface area contributed by atoms with E-state index in [0.29, 0.717) is 30.8 Å². The summed E-state index contributed by atoms with van der Waals surface area (Å²) in [5.41, 5.74) is 0.992. The van der Waals surface area contributed by atoms with Gasteiger partial charge in [-0.3, -0.25) is 4.79 Å². The predicted molar refractivity (Wildman–Crippen MR) is 91.8 cm³/mol. The van der Waals surface area contributed by atoms with Crippen molar-refractivity contribution in [3.8, 4) is 11.5 Å². The van der Waals surface area contributed by atoms with Gasteiger partial charge < -0.3 is 14.5 Å². The van der Waals surface area contributed by atoms with Gasteiger partial charge in [0.1, 0.15) is 0 Å². The van der Waals surface area contributed by atoms with E-state index in [9.17, 15) is 4.79 Å². The molecule has 1 N–H and O–H groups in total. The molecule has 0 radical (unpaired) electrons. The molecule has 0 unspecified atom stereocenters. The van der Waals surface area contributed by atoms with Gasteiger partial charge in [-0.2, -0.15) is 11.3 Å². The highest BCUT2D eigenvalue weighted by atomic mass is 32.1. The van der Waals surface area contributed by atoms with E-state index in [1.54, 1.807) is 18.4 Å². The van der Waals surface area contributed by atoms with Crippen molar-refractivity contribution in [1.82, 2.24) is 15.5 Å². The van der Waals surface area contributed by atoms with Crippen LogP contribution in [-0.2, 0) is 9.53 Å². The van der Waals surface area contributed by atoms with E-state index in [-0.39, 0.29) is 5.91 Å². The first-order chi connectivity index (χ1) is 11.8. The number of carbonyl (C=O) groups excluding carboxylic acids is 1. The molecule has 6 nitrogen and oxygen atoms in total. The van der Waals surface area contributed by atoms with Crippen molar-refractivity contribution in [2.45, 2.75) is 38.0 Å². The quantitative estimate of drug-likeness (QED) is 0.830. The fourth-order valence-electron chi connectivity index (χ4n) is 3.06. The van der Waals surface area contributed by atoms with Crippen LogP contribution in [-0.4, -0.2) is 36.4 Å². The second-order valence-corrected chi connectivity index (χ2v) is 7.00. The summed E-state index contributed by atoms with van der Waals surface area (Å²) < 4.78 is 10.8. The summed E-state index contributed by atoms with van der Waals surface area (Å²) in [7, 11) is 1.61. The number of thiophene rings is 1. The zero-order valence-electron chi connectivity index (χ0n) is 13.9. The Hall–Kier alpha value is -1.73. The highest BCUT2D eigenvalue weighted by Gasteiger charge is 2.26. The molecular weight excluding hydrogens is 326 g/mol. The third-order valence-corrected chi connectivity index (χ3v) is 5.21. The molecular formula is C17H23N3O3S. The molecule has 0 aliphatic heterocycles. The minimum Gasteiger partial charge on any atom is -0.420 e. The van der Waals surface area contributed by atoms with Crippen molar-refractivity contribution in [3.05, 3.63) is 22.7 Å². The van der Waals surface area contributed by atoms with Crippen LogP contribution < -0.4 is 5.32 Å². The molecule has 7 heteroatoms. The summed E-state index contributed by atoms with van der Waals surface area (Å²) >= 11 is 1.62. The van der Waals surface area contributed by atoms with Gasteiger partial charge in [-0.1, -0.05) is 0 Å². The molecule has 1 aliphatic carbocycles. The minimum absolute atomic E-state index is 0.0660. The molecule has 24 heavy (non-hydrogen) atoms. The van der Waals surface area contributed by atoms with Gasteiger partial charge >= 0.3 is 0 Å². The summed E-state index contributed by atoms with van der Waals surface area (Å²) in [4.78, 5) is 11.6. The SMILES string of the molecule is COCCC(=O)NCC1CCC(c2nnc(-c3ccsc3)o2)CC1. The van der Waals surface area contributed by atoms with E-state index in [2.05, 4.69) is 15.5 Å². The number of hydrogen-bond acceptors (Lipinski definition) is 6. The van der Waals surface area contributed by atoms with Crippen molar-refractivity contribution in [2.24, 2.45) is 5.92 Å². The van der Waals surface area contributed by atoms with Crippen molar-refractivity contribution in [1.29, 1.82) is 0 Å². The molecule has 1 aliphatic rings. The molecule has 3 rings (SSSR count). The molecule has 1 saturated carbocycles. The third kappa shape index (κ3) is 4.42. The van der Waals surface area contributed by atoms with Gasteiger partial charge in [0.25, 0.3) is 0 Å².